The lowest BCUT2D eigenvalue weighted by molar-refractivity contribution is -0.123. The summed E-state index contributed by atoms with van der Waals surface area (Å²) in [5, 5.41) is 2.53. The number of hydrogen-bond donors (Lipinski definition) is 1. The Bertz CT molecular complexity index is 975. The first-order valence-corrected chi connectivity index (χ1v) is 9.47. The Hall–Kier alpha value is -2.59. The molecule has 0 aliphatic carbocycles. The molecule has 0 radical (unpaired) electrons. The Morgan fingerprint density at radius 1 is 1.21 bits per heavy atom. The number of urea groups is 1. The monoisotopic (exact) mass is 512 g/mol. The lowest BCUT2D eigenvalue weighted by Crippen LogP contribution is -2.30. The number of benzene rings is 1. The number of imide groups is 1. The highest BCUT2D eigenvalue weighted by Gasteiger charge is 2.34. The lowest BCUT2D eigenvalue weighted by atomic mass is 10.2. The SMILES string of the molecule is COC(=O)c1ccc(CN2C(=O)N/C(=C\c3cc(Br)c(OC)c(Br)c3)C2=O)o1. The second kappa shape index (κ2) is 8.19. The molecule has 28 heavy (non-hydrogen) atoms. The Balaban J connectivity index is 1.81. The van der Waals surface area contributed by atoms with Crippen LogP contribution in [0.2, 0.25) is 0 Å². The number of amides is 3. The standard InChI is InChI=1S/C18H14Br2N2O6/c1-26-15-11(19)5-9(6-12(15)20)7-13-16(23)22(18(25)21-13)8-10-3-4-14(28-10)17(24)27-2/h3-7H,8H2,1-2H3,(H,21,25)/b13-7-. The van der Waals surface area contributed by atoms with Crippen molar-refractivity contribution < 1.29 is 28.3 Å². The van der Waals surface area contributed by atoms with Crippen LogP contribution < -0.4 is 10.1 Å². The number of methoxy groups -OCH3 is 2. The molecule has 2 aromatic rings. The van der Waals surface area contributed by atoms with Gasteiger partial charge in [-0.05, 0) is 67.8 Å². The van der Waals surface area contributed by atoms with Crippen LogP contribution in [-0.2, 0) is 16.1 Å². The van der Waals surface area contributed by atoms with Gasteiger partial charge in [-0.15, -0.1) is 0 Å². The van der Waals surface area contributed by atoms with Gasteiger partial charge in [0.05, 0.1) is 29.7 Å². The van der Waals surface area contributed by atoms with Gasteiger partial charge in [-0.1, -0.05) is 0 Å². The highest BCUT2D eigenvalue weighted by Crippen LogP contribution is 2.35. The zero-order valence-electron chi connectivity index (χ0n) is 14.7. The van der Waals surface area contributed by atoms with E-state index in [1.54, 1.807) is 25.3 Å². The third kappa shape index (κ3) is 3.97. The van der Waals surface area contributed by atoms with Gasteiger partial charge >= 0.3 is 12.0 Å². The number of halogens is 2. The molecule has 2 heterocycles. The number of carbonyl (C=O) groups is 3. The van der Waals surface area contributed by atoms with Crippen molar-refractivity contribution in [2.24, 2.45) is 0 Å². The highest BCUT2D eigenvalue weighted by atomic mass is 79.9. The third-order valence-corrected chi connectivity index (χ3v) is 5.04. The first-order valence-electron chi connectivity index (χ1n) is 7.88. The number of esters is 1. The average molecular weight is 514 g/mol. The molecule has 1 fully saturated rings. The lowest BCUT2D eigenvalue weighted by Gasteiger charge is -2.09. The fraction of sp³-hybridized carbons (Fsp3) is 0.167. The molecule has 3 rings (SSSR count). The van der Waals surface area contributed by atoms with Crippen LogP contribution in [0.15, 0.2) is 43.3 Å². The van der Waals surface area contributed by atoms with Gasteiger partial charge < -0.3 is 19.2 Å². The van der Waals surface area contributed by atoms with Gasteiger partial charge in [0.1, 0.15) is 17.2 Å². The molecule has 3 amide bonds. The zero-order chi connectivity index (χ0) is 20.4. The molecule has 0 atom stereocenters. The third-order valence-electron chi connectivity index (χ3n) is 3.86. The second-order valence-electron chi connectivity index (χ2n) is 5.65. The van der Waals surface area contributed by atoms with Crippen molar-refractivity contribution in [1.82, 2.24) is 10.2 Å². The molecule has 0 bridgehead atoms. The predicted octanol–water partition coefficient (Wildman–Crippen LogP) is 3.69. The first kappa shape index (κ1) is 20.2. The molecule has 0 saturated carbocycles. The van der Waals surface area contributed by atoms with Crippen LogP contribution in [-0.4, -0.2) is 37.0 Å². The van der Waals surface area contributed by atoms with E-state index in [0.717, 1.165) is 4.90 Å². The number of nitrogens with one attached hydrogen (secondary N) is 1. The Morgan fingerprint density at radius 2 is 1.89 bits per heavy atom. The molecular formula is C18H14Br2N2O6. The molecule has 0 spiro atoms. The molecule has 0 unspecified atom stereocenters. The topological polar surface area (TPSA) is 98.1 Å². The molecule has 1 aliphatic rings. The molecule has 10 heteroatoms. The number of nitrogens with zero attached hydrogens (tertiary/aromatic N) is 1. The normalized spacial score (nSPS) is 15.1. The zero-order valence-corrected chi connectivity index (χ0v) is 17.9. The van der Waals surface area contributed by atoms with Crippen LogP contribution in [0, 0.1) is 0 Å². The van der Waals surface area contributed by atoms with E-state index in [1.165, 1.54) is 19.2 Å². The summed E-state index contributed by atoms with van der Waals surface area (Å²) in [5.74, 6) is -0.262. The number of hydrogen-bond acceptors (Lipinski definition) is 6. The molecule has 1 aromatic carbocycles. The van der Waals surface area contributed by atoms with Crippen molar-refractivity contribution in [3.05, 3.63) is 56.0 Å². The molecule has 8 nitrogen and oxygen atoms in total. The number of ether oxygens (including phenoxy) is 2. The molecule has 1 aromatic heterocycles. The van der Waals surface area contributed by atoms with Crippen LogP contribution >= 0.6 is 31.9 Å². The molecule has 1 saturated heterocycles. The summed E-state index contributed by atoms with van der Waals surface area (Å²) < 4.78 is 16.5. The maximum absolute atomic E-state index is 12.6. The van der Waals surface area contributed by atoms with Crippen molar-refractivity contribution in [2.45, 2.75) is 6.54 Å². The molecule has 1 aliphatic heterocycles. The van der Waals surface area contributed by atoms with E-state index in [4.69, 9.17) is 9.15 Å². The minimum absolute atomic E-state index is 0.00625. The van der Waals surface area contributed by atoms with Crippen LogP contribution in [0.25, 0.3) is 6.08 Å². The predicted molar refractivity (Wildman–Crippen MR) is 106 cm³/mol. The Morgan fingerprint density at radius 3 is 2.50 bits per heavy atom. The van der Waals surface area contributed by atoms with E-state index in [0.29, 0.717) is 20.3 Å². The van der Waals surface area contributed by atoms with E-state index < -0.39 is 17.9 Å². The number of furan rings is 1. The van der Waals surface area contributed by atoms with Crippen molar-refractivity contribution in [1.29, 1.82) is 0 Å². The van der Waals surface area contributed by atoms with Gasteiger partial charge in [-0.2, -0.15) is 0 Å². The summed E-state index contributed by atoms with van der Waals surface area (Å²) in [7, 11) is 2.77. The van der Waals surface area contributed by atoms with Gasteiger partial charge in [-0.3, -0.25) is 9.69 Å². The van der Waals surface area contributed by atoms with Crippen LogP contribution in [0.1, 0.15) is 21.9 Å². The van der Waals surface area contributed by atoms with Gasteiger partial charge in [0.2, 0.25) is 5.76 Å². The van der Waals surface area contributed by atoms with Gasteiger partial charge in [0.15, 0.2) is 0 Å². The summed E-state index contributed by atoms with van der Waals surface area (Å²) in [6.45, 7) is -0.116. The summed E-state index contributed by atoms with van der Waals surface area (Å²) >= 11 is 6.79. The van der Waals surface area contributed by atoms with Crippen molar-refractivity contribution in [3.63, 3.8) is 0 Å². The van der Waals surface area contributed by atoms with Crippen molar-refractivity contribution in [3.8, 4) is 5.75 Å². The quantitative estimate of drug-likeness (QED) is 0.372. The minimum Gasteiger partial charge on any atom is -0.494 e. The smallest absolute Gasteiger partial charge is 0.373 e. The van der Waals surface area contributed by atoms with E-state index in [1.807, 2.05) is 0 Å². The molecular weight excluding hydrogens is 500 g/mol. The van der Waals surface area contributed by atoms with Crippen LogP contribution in [0.4, 0.5) is 4.79 Å². The summed E-state index contributed by atoms with van der Waals surface area (Å²) in [6, 6.07) is 5.86. The van der Waals surface area contributed by atoms with Gasteiger partial charge in [0, 0.05) is 0 Å². The Kier molecular flexibility index (Phi) is 5.90. The average Bonchev–Trinajstić information content (AvgIpc) is 3.22. The van der Waals surface area contributed by atoms with E-state index in [2.05, 4.69) is 41.9 Å². The van der Waals surface area contributed by atoms with E-state index in [9.17, 15) is 14.4 Å². The largest absolute Gasteiger partial charge is 0.494 e. The maximum atomic E-state index is 12.6. The fourth-order valence-electron chi connectivity index (χ4n) is 2.57. The van der Waals surface area contributed by atoms with Crippen LogP contribution in [0.3, 0.4) is 0 Å². The van der Waals surface area contributed by atoms with E-state index >= 15 is 0 Å². The van der Waals surface area contributed by atoms with E-state index in [-0.39, 0.29) is 23.8 Å². The summed E-state index contributed by atoms with van der Waals surface area (Å²) in [6.07, 6.45) is 1.55. The highest BCUT2D eigenvalue weighted by molar-refractivity contribution is 9.11. The van der Waals surface area contributed by atoms with Crippen molar-refractivity contribution in [2.75, 3.05) is 14.2 Å². The number of rotatable bonds is 5. The minimum atomic E-state index is -0.639. The fourth-order valence-corrected chi connectivity index (χ4v) is 4.11. The van der Waals surface area contributed by atoms with Crippen molar-refractivity contribution >= 4 is 55.8 Å². The second-order valence-corrected chi connectivity index (χ2v) is 7.36. The first-order chi connectivity index (χ1) is 13.3. The van der Waals surface area contributed by atoms with Crippen LogP contribution in [0.5, 0.6) is 5.75 Å². The summed E-state index contributed by atoms with van der Waals surface area (Å²) in [4.78, 5) is 37.2. The van der Waals surface area contributed by atoms with Gasteiger partial charge in [-0.25, -0.2) is 9.59 Å². The number of carbonyl (C=O) groups excluding carboxylic acids is 3. The Labute approximate surface area is 176 Å². The summed E-state index contributed by atoms with van der Waals surface area (Å²) in [5.41, 5.74) is 0.796. The molecule has 1 N–H and O–H groups in total. The molecule has 146 valence electrons. The van der Waals surface area contributed by atoms with Gasteiger partial charge in [0.25, 0.3) is 5.91 Å². The maximum Gasteiger partial charge on any atom is 0.373 e.